The summed E-state index contributed by atoms with van der Waals surface area (Å²) in [4.78, 5) is 7.89. The zero-order chi connectivity index (χ0) is 22.4. The van der Waals surface area contributed by atoms with Crippen molar-refractivity contribution in [1.29, 1.82) is 0 Å². The van der Waals surface area contributed by atoms with Gasteiger partial charge >= 0.3 is 6.18 Å². The van der Waals surface area contributed by atoms with Crippen molar-refractivity contribution in [2.24, 2.45) is 5.14 Å². The van der Waals surface area contributed by atoms with Crippen molar-refractivity contribution in [1.82, 2.24) is 19.7 Å². The van der Waals surface area contributed by atoms with Gasteiger partial charge in [0.25, 0.3) is 10.0 Å². The van der Waals surface area contributed by atoms with Crippen molar-refractivity contribution in [2.75, 3.05) is 0 Å². The highest BCUT2D eigenvalue weighted by molar-refractivity contribution is 7.89. The first-order valence-electron chi connectivity index (χ1n) is 8.40. The smallest absolute Gasteiger partial charge is 0.245 e. The van der Waals surface area contributed by atoms with Crippen LogP contribution in [-0.2, 0) is 16.2 Å². The second-order valence-electron chi connectivity index (χ2n) is 6.24. The van der Waals surface area contributed by atoms with Crippen LogP contribution < -0.4 is 5.14 Å². The SMILES string of the molecule is NS(=O)(=O)c1ncccc1-n1nc(C(F)(F)F)c(Cl)c1-c1ccc(-c2cscn2)cc1. The largest absolute Gasteiger partial charge is 0.436 e. The highest BCUT2D eigenvalue weighted by Crippen LogP contribution is 2.41. The molecule has 2 N–H and O–H groups in total. The molecule has 0 saturated heterocycles. The summed E-state index contributed by atoms with van der Waals surface area (Å²) in [6, 6.07) is 9.00. The van der Waals surface area contributed by atoms with Gasteiger partial charge in [-0.25, -0.2) is 28.2 Å². The molecule has 160 valence electrons. The molecule has 13 heteroatoms. The first-order chi connectivity index (χ1) is 14.6. The predicted octanol–water partition coefficient (Wildman–Crippen LogP) is 4.38. The highest BCUT2D eigenvalue weighted by Gasteiger charge is 2.40. The molecular weight excluding hydrogens is 475 g/mol. The van der Waals surface area contributed by atoms with Crippen LogP contribution in [0, 0.1) is 0 Å². The Morgan fingerprint density at radius 2 is 1.74 bits per heavy atom. The van der Waals surface area contributed by atoms with E-state index in [1.165, 1.54) is 23.5 Å². The lowest BCUT2D eigenvalue weighted by Crippen LogP contribution is -2.18. The van der Waals surface area contributed by atoms with E-state index in [1.807, 2.05) is 5.38 Å². The van der Waals surface area contributed by atoms with Crippen LogP contribution in [0.2, 0.25) is 5.02 Å². The molecule has 4 rings (SSSR count). The fourth-order valence-electron chi connectivity index (χ4n) is 2.92. The van der Waals surface area contributed by atoms with Gasteiger partial charge in [-0.3, -0.25) is 0 Å². The van der Waals surface area contributed by atoms with Crippen LogP contribution >= 0.6 is 22.9 Å². The fraction of sp³-hybridized carbons (Fsp3) is 0.0556. The molecule has 0 aliphatic carbocycles. The van der Waals surface area contributed by atoms with Crippen LogP contribution in [0.3, 0.4) is 0 Å². The van der Waals surface area contributed by atoms with E-state index >= 15 is 0 Å². The van der Waals surface area contributed by atoms with E-state index in [2.05, 4.69) is 15.1 Å². The molecule has 4 aromatic rings. The average molecular weight is 486 g/mol. The number of halogens is 4. The monoisotopic (exact) mass is 485 g/mol. The van der Waals surface area contributed by atoms with E-state index in [1.54, 1.807) is 29.8 Å². The molecule has 7 nitrogen and oxygen atoms in total. The van der Waals surface area contributed by atoms with Gasteiger partial charge in [-0.1, -0.05) is 35.9 Å². The number of pyridine rings is 1. The normalized spacial score (nSPS) is 12.3. The van der Waals surface area contributed by atoms with Crippen LogP contribution in [0.4, 0.5) is 13.2 Å². The Bertz CT molecular complexity index is 1350. The molecule has 0 atom stereocenters. The van der Waals surface area contributed by atoms with Gasteiger partial charge in [-0.2, -0.15) is 18.3 Å². The van der Waals surface area contributed by atoms with Crippen LogP contribution in [-0.4, -0.2) is 28.2 Å². The minimum Gasteiger partial charge on any atom is -0.245 e. The van der Waals surface area contributed by atoms with Gasteiger partial charge in [0.2, 0.25) is 0 Å². The van der Waals surface area contributed by atoms with Crippen molar-refractivity contribution >= 4 is 33.0 Å². The zero-order valence-electron chi connectivity index (χ0n) is 15.2. The molecule has 0 unspecified atom stereocenters. The minimum absolute atomic E-state index is 0.156. The van der Waals surface area contributed by atoms with Gasteiger partial charge in [0.05, 0.1) is 21.9 Å². The minimum atomic E-state index is -4.87. The Balaban J connectivity index is 1.96. The van der Waals surface area contributed by atoms with Crippen LogP contribution in [0.25, 0.3) is 28.2 Å². The van der Waals surface area contributed by atoms with E-state index in [9.17, 15) is 21.6 Å². The second kappa shape index (κ2) is 7.71. The Morgan fingerprint density at radius 1 is 1.06 bits per heavy atom. The number of hydrogen-bond donors (Lipinski definition) is 1. The summed E-state index contributed by atoms with van der Waals surface area (Å²) >= 11 is 7.49. The van der Waals surface area contributed by atoms with Crippen molar-refractivity contribution < 1.29 is 21.6 Å². The third-order valence-corrected chi connectivity index (χ3v) is 6.03. The van der Waals surface area contributed by atoms with Crippen LogP contribution in [0.5, 0.6) is 0 Å². The van der Waals surface area contributed by atoms with E-state index in [-0.39, 0.29) is 16.9 Å². The molecule has 3 aromatic heterocycles. The second-order valence-corrected chi connectivity index (χ2v) is 8.82. The molecular formula is C18H11ClF3N5O2S2. The van der Waals surface area contributed by atoms with E-state index in [0.717, 1.165) is 16.4 Å². The lowest BCUT2D eigenvalue weighted by Gasteiger charge is -2.11. The van der Waals surface area contributed by atoms with Gasteiger partial charge in [0, 0.05) is 22.7 Å². The van der Waals surface area contributed by atoms with Crippen molar-refractivity contribution in [3.05, 3.63) is 64.2 Å². The number of thiazole rings is 1. The number of aromatic nitrogens is 4. The highest BCUT2D eigenvalue weighted by atomic mass is 35.5. The quantitative estimate of drug-likeness (QED) is 0.462. The first kappa shape index (κ1) is 21.4. The number of hydrogen-bond acceptors (Lipinski definition) is 6. The molecule has 3 heterocycles. The van der Waals surface area contributed by atoms with E-state index < -0.39 is 31.9 Å². The molecule has 0 aliphatic heterocycles. The topological polar surface area (TPSA) is 104 Å². The summed E-state index contributed by atoms with van der Waals surface area (Å²) in [7, 11) is -4.36. The molecule has 0 bridgehead atoms. The maximum atomic E-state index is 13.5. The summed E-state index contributed by atoms with van der Waals surface area (Å²) in [5, 5.41) is 9.26. The standard InChI is InChI=1S/C18H11ClF3N5O2S2/c19-14-15(11-5-3-10(4-6-11)12-8-30-9-25-12)27(26-16(14)18(20,21)22)13-2-1-7-24-17(13)31(23,28)29/h1-9H,(H2,23,28,29). The number of primary sulfonamides is 1. The van der Waals surface area contributed by atoms with Crippen LogP contribution in [0.15, 0.2) is 58.5 Å². The zero-order valence-corrected chi connectivity index (χ0v) is 17.6. The van der Waals surface area contributed by atoms with Crippen LogP contribution in [0.1, 0.15) is 5.69 Å². The molecule has 0 radical (unpaired) electrons. The van der Waals surface area contributed by atoms with Gasteiger partial charge in [-0.15, -0.1) is 11.3 Å². The number of benzene rings is 1. The lowest BCUT2D eigenvalue weighted by molar-refractivity contribution is -0.141. The Morgan fingerprint density at radius 3 is 2.32 bits per heavy atom. The van der Waals surface area contributed by atoms with Gasteiger partial charge in [0.15, 0.2) is 10.7 Å². The Kier molecular flexibility index (Phi) is 5.33. The Labute approximate surface area is 183 Å². The predicted molar refractivity (Wildman–Crippen MR) is 109 cm³/mol. The molecule has 31 heavy (non-hydrogen) atoms. The fourth-order valence-corrected chi connectivity index (χ4v) is 4.47. The third kappa shape index (κ3) is 4.06. The van der Waals surface area contributed by atoms with E-state index in [4.69, 9.17) is 16.7 Å². The number of rotatable bonds is 4. The maximum Gasteiger partial charge on any atom is 0.436 e. The molecule has 0 amide bonds. The van der Waals surface area contributed by atoms with Gasteiger partial charge in [-0.05, 0) is 12.1 Å². The van der Waals surface area contributed by atoms with Gasteiger partial charge < -0.3 is 0 Å². The summed E-state index contributed by atoms with van der Waals surface area (Å²) < 4.78 is 65.3. The summed E-state index contributed by atoms with van der Waals surface area (Å²) in [6.07, 6.45) is -3.72. The molecule has 0 aliphatic rings. The van der Waals surface area contributed by atoms with Crippen molar-refractivity contribution in [2.45, 2.75) is 11.2 Å². The maximum absolute atomic E-state index is 13.5. The lowest BCUT2D eigenvalue weighted by atomic mass is 10.1. The van der Waals surface area contributed by atoms with Crippen molar-refractivity contribution in [3.63, 3.8) is 0 Å². The third-order valence-electron chi connectivity index (χ3n) is 4.23. The number of nitrogens with zero attached hydrogens (tertiary/aromatic N) is 4. The summed E-state index contributed by atoms with van der Waals surface area (Å²) in [5.41, 5.74) is 1.60. The average Bonchev–Trinajstić information content (AvgIpc) is 3.35. The first-order valence-corrected chi connectivity index (χ1v) is 11.3. The molecule has 0 fully saturated rings. The summed E-state index contributed by atoms with van der Waals surface area (Å²) in [6.45, 7) is 0. The molecule has 1 aromatic carbocycles. The molecule has 0 saturated carbocycles. The number of nitrogens with two attached hydrogens (primary N) is 1. The number of alkyl halides is 3. The van der Waals surface area contributed by atoms with Gasteiger partial charge in [0.1, 0.15) is 5.69 Å². The summed E-state index contributed by atoms with van der Waals surface area (Å²) in [5.74, 6) is 0. The number of sulfonamides is 1. The van der Waals surface area contributed by atoms with Crippen molar-refractivity contribution in [3.8, 4) is 28.2 Å². The Hall–Kier alpha value is -2.80. The molecule has 0 spiro atoms. The van der Waals surface area contributed by atoms with E-state index in [0.29, 0.717) is 5.69 Å².